The first-order valence-electron chi connectivity index (χ1n) is 8.36. The fourth-order valence-corrected chi connectivity index (χ4v) is 3.31. The molecule has 2 aromatic carbocycles. The molecule has 130 valence electrons. The number of nitrogens with zero attached hydrogens (tertiary/aromatic N) is 2. The van der Waals surface area contributed by atoms with Crippen molar-refractivity contribution in [2.75, 3.05) is 37.9 Å². The molecule has 1 amide bonds. The van der Waals surface area contributed by atoms with Gasteiger partial charge >= 0.3 is 0 Å². The van der Waals surface area contributed by atoms with Crippen LogP contribution in [0, 0.1) is 0 Å². The van der Waals surface area contributed by atoms with Gasteiger partial charge in [-0.25, -0.2) is 0 Å². The Morgan fingerprint density at radius 1 is 0.960 bits per heavy atom. The predicted molar refractivity (Wildman–Crippen MR) is 96.5 cm³/mol. The molecular formula is C19H19ClN2O3. The summed E-state index contributed by atoms with van der Waals surface area (Å²) in [5.74, 6) is 1.74. The summed E-state index contributed by atoms with van der Waals surface area (Å²) in [6, 6.07) is 13.4. The summed E-state index contributed by atoms with van der Waals surface area (Å²) in [6.45, 7) is 3.35. The van der Waals surface area contributed by atoms with Gasteiger partial charge in [0.1, 0.15) is 0 Å². The summed E-state index contributed by atoms with van der Waals surface area (Å²) in [4.78, 5) is 16.7. The van der Waals surface area contributed by atoms with Crippen molar-refractivity contribution in [2.45, 2.75) is 6.42 Å². The highest BCUT2D eigenvalue weighted by molar-refractivity contribution is 6.30. The van der Waals surface area contributed by atoms with Crippen LogP contribution in [0.3, 0.4) is 0 Å². The highest BCUT2D eigenvalue weighted by atomic mass is 35.5. The Morgan fingerprint density at radius 3 is 2.44 bits per heavy atom. The lowest BCUT2D eigenvalue weighted by molar-refractivity contribution is -0.130. The number of fused-ring (bicyclic) bond motifs is 1. The van der Waals surface area contributed by atoms with Crippen molar-refractivity contribution in [1.29, 1.82) is 0 Å². The van der Waals surface area contributed by atoms with E-state index in [9.17, 15) is 4.79 Å². The Hall–Kier alpha value is -2.40. The number of amides is 1. The highest BCUT2D eigenvalue weighted by Crippen LogP contribution is 2.35. The lowest BCUT2D eigenvalue weighted by Crippen LogP contribution is -2.49. The van der Waals surface area contributed by atoms with Crippen LogP contribution in [-0.2, 0) is 11.2 Å². The molecule has 0 aliphatic carbocycles. The van der Waals surface area contributed by atoms with E-state index >= 15 is 0 Å². The molecule has 6 heteroatoms. The maximum absolute atomic E-state index is 12.5. The molecule has 1 fully saturated rings. The van der Waals surface area contributed by atoms with Gasteiger partial charge in [-0.3, -0.25) is 4.79 Å². The largest absolute Gasteiger partial charge is 0.454 e. The molecule has 0 aromatic heterocycles. The van der Waals surface area contributed by atoms with Crippen LogP contribution in [0.2, 0.25) is 5.02 Å². The molecule has 2 heterocycles. The zero-order valence-electron chi connectivity index (χ0n) is 13.8. The van der Waals surface area contributed by atoms with Gasteiger partial charge in [-0.05, 0) is 29.8 Å². The SMILES string of the molecule is O=C(Cc1ccc(Cl)cc1)N1CCN(c2ccc3c(c2)OCO3)CC1. The van der Waals surface area contributed by atoms with E-state index in [-0.39, 0.29) is 12.7 Å². The topological polar surface area (TPSA) is 42.0 Å². The lowest BCUT2D eigenvalue weighted by Gasteiger charge is -2.36. The van der Waals surface area contributed by atoms with Crippen molar-refractivity contribution >= 4 is 23.2 Å². The molecule has 0 radical (unpaired) electrons. The maximum Gasteiger partial charge on any atom is 0.231 e. The van der Waals surface area contributed by atoms with Crippen molar-refractivity contribution in [3.63, 3.8) is 0 Å². The van der Waals surface area contributed by atoms with Crippen molar-refractivity contribution < 1.29 is 14.3 Å². The summed E-state index contributed by atoms with van der Waals surface area (Å²) in [6.07, 6.45) is 0.418. The normalized spacial score (nSPS) is 16.2. The number of carbonyl (C=O) groups is 1. The number of rotatable bonds is 3. The Labute approximate surface area is 151 Å². The van der Waals surface area contributed by atoms with Crippen LogP contribution in [0.15, 0.2) is 42.5 Å². The van der Waals surface area contributed by atoms with E-state index in [1.807, 2.05) is 47.4 Å². The smallest absolute Gasteiger partial charge is 0.231 e. The molecule has 2 aromatic rings. The molecule has 2 aliphatic heterocycles. The van der Waals surface area contributed by atoms with Gasteiger partial charge < -0.3 is 19.3 Å². The van der Waals surface area contributed by atoms with Crippen LogP contribution < -0.4 is 14.4 Å². The molecule has 0 N–H and O–H groups in total. The van der Waals surface area contributed by atoms with Crippen LogP contribution in [0.1, 0.15) is 5.56 Å². The van der Waals surface area contributed by atoms with Crippen molar-refractivity contribution in [1.82, 2.24) is 4.90 Å². The van der Waals surface area contributed by atoms with Crippen molar-refractivity contribution in [2.24, 2.45) is 0 Å². The molecule has 25 heavy (non-hydrogen) atoms. The van der Waals surface area contributed by atoms with Crippen LogP contribution in [0.4, 0.5) is 5.69 Å². The molecule has 5 nitrogen and oxygen atoms in total. The van der Waals surface area contributed by atoms with E-state index in [1.54, 1.807) is 0 Å². The van der Waals surface area contributed by atoms with Gasteiger partial charge in [-0.1, -0.05) is 23.7 Å². The monoisotopic (exact) mass is 358 g/mol. The summed E-state index contributed by atoms with van der Waals surface area (Å²) >= 11 is 5.89. The van der Waals surface area contributed by atoms with Crippen molar-refractivity contribution in [3.8, 4) is 11.5 Å². The number of benzene rings is 2. The average molecular weight is 359 g/mol. The summed E-state index contributed by atoms with van der Waals surface area (Å²) < 4.78 is 10.8. The second-order valence-corrected chi connectivity index (χ2v) is 6.65. The molecule has 0 saturated carbocycles. The third-order valence-electron chi connectivity index (χ3n) is 4.62. The van der Waals surface area contributed by atoms with Crippen LogP contribution in [0.5, 0.6) is 11.5 Å². The third-order valence-corrected chi connectivity index (χ3v) is 4.87. The zero-order valence-corrected chi connectivity index (χ0v) is 14.5. The molecule has 2 aliphatic rings. The van der Waals surface area contributed by atoms with Gasteiger partial charge in [0, 0.05) is 43.0 Å². The van der Waals surface area contributed by atoms with Gasteiger partial charge in [-0.15, -0.1) is 0 Å². The Bertz CT molecular complexity index is 771. The van der Waals surface area contributed by atoms with E-state index < -0.39 is 0 Å². The number of hydrogen-bond acceptors (Lipinski definition) is 4. The first-order chi connectivity index (χ1) is 12.2. The summed E-state index contributed by atoms with van der Waals surface area (Å²) in [5.41, 5.74) is 2.10. The molecule has 4 rings (SSSR count). The van der Waals surface area contributed by atoms with Gasteiger partial charge in [0.05, 0.1) is 6.42 Å². The molecule has 0 unspecified atom stereocenters. The first kappa shape index (κ1) is 16.1. The zero-order chi connectivity index (χ0) is 17.2. The van der Waals surface area contributed by atoms with Crippen LogP contribution >= 0.6 is 11.6 Å². The first-order valence-corrected chi connectivity index (χ1v) is 8.74. The molecule has 0 bridgehead atoms. The minimum absolute atomic E-state index is 0.160. The van der Waals surface area contributed by atoms with Gasteiger partial charge in [-0.2, -0.15) is 0 Å². The van der Waals surface area contributed by atoms with E-state index in [1.165, 1.54) is 0 Å². The number of carbonyl (C=O) groups excluding carboxylic acids is 1. The highest BCUT2D eigenvalue weighted by Gasteiger charge is 2.23. The number of anilines is 1. The lowest BCUT2D eigenvalue weighted by atomic mass is 10.1. The van der Waals surface area contributed by atoms with Crippen molar-refractivity contribution in [3.05, 3.63) is 53.1 Å². The number of hydrogen-bond donors (Lipinski definition) is 0. The van der Waals surface area contributed by atoms with Gasteiger partial charge in [0.25, 0.3) is 0 Å². The minimum Gasteiger partial charge on any atom is -0.454 e. The minimum atomic E-state index is 0.160. The molecule has 0 spiro atoms. The van der Waals surface area contributed by atoms with E-state index in [2.05, 4.69) is 4.90 Å². The summed E-state index contributed by atoms with van der Waals surface area (Å²) in [5, 5.41) is 0.688. The number of halogens is 1. The fourth-order valence-electron chi connectivity index (χ4n) is 3.18. The molecule has 1 saturated heterocycles. The van der Waals surface area contributed by atoms with E-state index in [0.717, 1.165) is 48.9 Å². The second kappa shape index (κ2) is 6.84. The quantitative estimate of drug-likeness (QED) is 0.846. The van der Waals surface area contributed by atoms with Gasteiger partial charge in [0.2, 0.25) is 12.7 Å². The van der Waals surface area contributed by atoms with Crippen LogP contribution in [0.25, 0.3) is 0 Å². The summed E-state index contributed by atoms with van der Waals surface area (Å²) in [7, 11) is 0. The van der Waals surface area contributed by atoms with Crippen LogP contribution in [-0.4, -0.2) is 43.8 Å². The van der Waals surface area contributed by atoms with E-state index in [4.69, 9.17) is 21.1 Å². The van der Waals surface area contributed by atoms with E-state index in [0.29, 0.717) is 11.4 Å². The standard InChI is InChI=1S/C19H19ClN2O3/c20-15-3-1-14(2-4-15)11-19(23)22-9-7-21(8-10-22)16-5-6-17-18(12-16)25-13-24-17/h1-6,12H,7-11,13H2. The number of piperazine rings is 1. The third kappa shape index (κ3) is 3.51. The Kier molecular flexibility index (Phi) is 4.40. The fraction of sp³-hybridized carbons (Fsp3) is 0.316. The Balaban J connectivity index is 1.34. The Morgan fingerprint density at radius 2 is 1.68 bits per heavy atom. The number of ether oxygens (including phenoxy) is 2. The molecule has 0 atom stereocenters. The second-order valence-electron chi connectivity index (χ2n) is 6.21. The average Bonchev–Trinajstić information content (AvgIpc) is 3.11. The maximum atomic E-state index is 12.5. The predicted octanol–water partition coefficient (Wildman–Crippen LogP) is 2.96. The molecular weight excluding hydrogens is 340 g/mol. The van der Waals surface area contributed by atoms with Gasteiger partial charge in [0.15, 0.2) is 11.5 Å².